The highest BCUT2D eigenvalue weighted by molar-refractivity contribution is 6.21. The van der Waals surface area contributed by atoms with E-state index in [1.165, 1.54) is 12.8 Å². The molecule has 88 valence electrons. The van der Waals surface area contributed by atoms with Crippen molar-refractivity contribution >= 4 is 11.6 Å². The zero-order valence-corrected chi connectivity index (χ0v) is 10.3. The van der Waals surface area contributed by atoms with Crippen LogP contribution in [0, 0.1) is 5.92 Å². The molecular weight excluding hydrogens is 224 g/mol. The second kappa shape index (κ2) is 5.48. The van der Waals surface area contributed by atoms with Crippen LogP contribution in [0.2, 0.25) is 0 Å². The van der Waals surface area contributed by atoms with E-state index in [1.807, 2.05) is 6.07 Å². The molecule has 0 saturated heterocycles. The van der Waals surface area contributed by atoms with Gasteiger partial charge >= 0.3 is 0 Å². The molecule has 1 saturated carbocycles. The predicted molar refractivity (Wildman–Crippen MR) is 63.9 cm³/mol. The molecule has 0 spiro atoms. The highest BCUT2D eigenvalue weighted by atomic mass is 35.5. The first-order chi connectivity index (χ1) is 7.79. The second-order valence-electron chi connectivity index (χ2n) is 4.25. The van der Waals surface area contributed by atoms with Crippen molar-refractivity contribution < 1.29 is 4.74 Å². The molecule has 0 N–H and O–H groups in total. The van der Waals surface area contributed by atoms with E-state index in [4.69, 9.17) is 16.3 Å². The maximum Gasteiger partial charge on any atom is 0.216 e. The lowest BCUT2D eigenvalue weighted by Gasteiger charge is -2.08. The Morgan fingerprint density at radius 1 is 1.50 bits per heavy atom. The van der Waals surface area contributed by atoms with Crippen LogP contribution < -0.4 is 4.74 Å². The monoisotopic (exact) mass is 240 g/mol. The molecule has 0 amide bonds. The Labute approximate surface area is 101 Å². The molecule has 0 bridgehead atoms. The maximum atomic E-state index is 6.27. The number of alkyl halides is 1. The van der Waals surface area contributed by atoms with Crippen LogP contribution in [0.25, 0.3) is 0 Å². The van der Waals surface area contributed by atoms with Gasteiger partial charge in [-0.15, -0.1) is 11.6 Å². The van der Waals surface area contributed by atoms with Crippen LogP contribution in [0.3, 0.4) is 0 Å². The number of hydrogen-bond donors (Lipinski definition) is 0. The zero-order chi connectivity index (χ0) is 11.4. The normalized spacial score (nSPS) is 17.1. The van der Waals surface area contributed by atoms with Crippen molar-refractivity contribution in [1.29, 1.82) is 0 Å². The average Bonchev–Trinajstić information content (AvgIpc) is 3.10. The first kappa shape index (κ1) is 11.6. The van der Waals surface area contributed by atoms with E-state index in [9.17, 15) is 0 Å². The summed E-state index contributed by atoms with van der Waals surface area (Å²) in [5, 5.41) is 0.217. The van der Waals surface area contributed by atoms with Crippen molar-refractivity contribution in [2.75, 3.05) is 6.61 Å². The minimum atomic E-state index is 0.217. The molecule has 16 heavy (non-hydrogen) atoms. The van der Waals surface area contributed by atoms with Crippen LogP contribution in [-0.2, 0) is 6.42 Å². The van der Waals surface area contributed by atoms with Crippen molar-refractivity contribution in [1.82, 2.24) is 9.97 Å². The third kappa shape index (κ3) is 3.34. The van der Waals surface area contributed by atoms with Gasteiger partial charge in [0.25, 0.3) is 0 Å². The molecule has 1 unspecified atom stereocenters. The lowest BCUT2D eigenvalue weighted by atomic mass is 10.1. The van der Waals surface area contributed by atoms with Crippen LogP contribution in [0.4, 0.5) is 0 Å². The Bertz CT molecular complexity index is 342. The molecule has 4 heteroatoms. The summed E-state index contributed by atoms with van der Waals surface area (Å²) in [5.74, 6) is 1.35. The molecule has 3 nitrogen and oxygen atoms in total. The molecule has 1 aliphatic carbocycles. The highest BCUT2D eigenvalue weighted by Crippen LogP contribution is 2.37. The van der Waals surface area contributed by atoms with Crippen LogP contribution >= 0.6 is 11.6 Å². The quantitative estimate of drug-likeness (QED) is 0.718. The number of halogens is 1. The second-order valence-corrected chi connectivity index (χ2v) is 4.81. The third-order valence-corrected chi connectivity index (χ3v) is 3.20. The van der Waals surface area contributed by atoms with E-state index in [-0.39, 0.29) is 5.38 Å². The summed E-state index contributed by atoms with van der Waals surface area (Å²) in [6, 6.07) is 1.90. The summed E-state index contributed by atoms with van der Waals surface area (Å²) in [6.07, 6.45) is 5.88. The van der Waals surface area contributed by atoms with Crippen LogP contribution in [0.5, 0.6) is 5.88 Å². The summed E-state index contributed by atoms with van der Waals surface area (Å²) in [6.45, 7) is 2.77. The van der Waals surface area contributed by atoms with Crippen molar-refractivity contribution in [2.24, 2.45) is 5.92 Å². The van der Waals surface area contributed by atoms with Crippen LogP contribution in [-0.4, -0.2) is 22.0 Å². The fourth-order valence-corrected chi connectivity index (χ4v) is 2.01. The summed E-state index contributed by atoms with van der Waals surface area (Å²) in [5.41, 5.74) is 0.980. The molecule has 2 rings (SSSR count). The topological polar surface area (TPSA) is 35.0 Å². The summed E-state index contributed by atoms with van der Waals surface area (Å²) in [7, 11) is 0. The lowest BCUT2D eigenvalue weighted by molar-refractivity contribution is 0.304. The zero-order valence-electron chi connectivity index (χ0n) is 9.53. The summed E-state index contributed by atoms with van der Waals surface area (Å²) in [4.78, 5) is 8.29. The molecule has 0 aliphatic heterocycles. The fourth-order valence-electron chi connectivity index (χ4n) is 1.60. The molecule has 1 fully saturated rings. The molecular formula is C12H17ClN2O. The molecule has 1 aromatic rings. The molecule has 0 radical (unpaired) electrons. The van der Waals surface area contributed by atoms with E-state index < -0.39 is 0 Å². The Morgan fingerprint density at radius 3 is 3.00 bits per heavy atom. The predicted octanol–water partition coefficient (Wildman–Crippen LogP) is 2.83. The van der Waals surface area contributed by atoms with Gasteiger partial charge in [-0.3, -0.25) is 0 Å². The van der Waals surface area contributed by atoms with E-state index in [2.05, 4.69) is 16.9 Å². The molecule has 1 aliphatic rings. The van der Waals surface area contributed by atoms with Gasteiger partial charge < -0.3 is 4.74 Å². The van der Waals surface area contributed by atoms with Crippen molar-refractivity contribution in [2.45, 2.75) is 38.0 Å². The van der Waals surface area contributed by atoms with Crippen LogP contribution in [0.15, 0.2) is 12.4 Å². The fraction of sp³-hybridized carbons (Fsp3) is 0.667. The lowest BCUT2D eigenvalue weighted by Crippen LogP contribution is -2.08. The first-order valence-corrected chi connectivity index (χ1v) is 6.31. The number of nitrogens with zero attached hydrogens (tertiary/aromatic N) is 2. The van der Waals surface area contributed by atoms with Gasteiger partial charge in [0.2, 0.25) is 5.88 Å². The van der Waals surface area contributed by atoms with Gasteiger partial charge in [-0.1, -0.05) is 6.92 Å². The number of aromatic nitrogens is 2. The first-order valence-electron chi connectivity index (χ1n) is 5.87. The highest BCUT2D eigenvalue weighted by Gasteiger charge is 2.29. The maximum absolute atomic E-state index is 6.27. The molecule has 1 heterocycles. The van der Waals surface area contributed by atoms with E-state index in [1.54, 1.807) is 6.33 Å². The van der Waals surface area contributed by atoms with Gasteiger partial charge in [-0.25, -0.2) is 9.97 Å². The van der Waals surface area contributed by atoms with Gasteiger partial charge in [-0.2, -0.15) is 0 Å². The van der Waals surface area contributed by atoms with E-state index in [0.717, 1.165) is 18.5 Å². The Kier molecular flexibility index (Phi) is 3.99. The number of rotatable bonds is 6. The minimum Gasteiger partial charge on any atom is -0.478 e. The van der Waals surface area contributed by atoms with Crippen molar-refractivity contribution in [3.8, 4) is 5.88 Å². The van der Waals surface area contributed by atoms with Crippen molar-refractivity contribution in [3.05, 3.63) is 18.1 Å². The van der Waals surface area contributed by atoms with Gasteiger partial charge in [0.15, 0.2) is 0 Å². The molecule has 0 aromatic carbocycles. The smallest absolute Gasteiger partial charge is 0.216 e. The number of hydrogen-bond acceptors (Lipinski definition) is 3. The van der Waals surface area contributed by atoms with E-state index >= 15 is 0 Å². The van der Waals surface area contributed by atoms with Crippen molar-refractivity contribution in [3.63, 3.8) is 0 Å². The average molecular weight is 241 g/mol. The standard InChI is InChI=1S/C12H17ClN2O/c1-2-5-16-12-7-10(14-8-15-12)6-11(13)9-3-4-9/h7-9,11H,2-6H2,1H3. The third-order valence-electron chi connectivity index (χ3n) is 2.69. The van der Waals surface area contributed by atoms with Gasteiger partial charge in [0.05, 0.1) is 6.61 Å². The molecule has 1 atom stereocenters. The van der Waals surface area contributed by atoms with Gasteiger partial charge in [0.1, 0.15) is 6.33 Å². The van der Waals surface area contributed by atoms with E-state index in [0.29, 0.717) is 18.4 Å². The Balaban J connectivity index is 1.92. The van der Waals surface area contributed by atoms with Crippen LogP contribution in [0.1, 0.15) is 31.9 Å². The molecule has 1 aromatic heterocycles. The Hall–Kier alpha value is -0.830. The largest absolute Gasteiger partial charge is 0.478 e. The minimum absolute atomic E-state index is 0.217. The Morgan fingerprint density at radius 2 is 2.31 bits per heavy atom. The van der Waals surface area contributed by atoms with Gasteiger partial charge in [-0.05, 0) is 25.2 Å². The van der Waals surface area contributed by atoms with Gasteiger partial charge in [0, 0.05) is 23.6 Å². The summed E-state index contributed by atoms with van der Waals surface area (Å²) >= 11 is 6.27. The summed E-state index contributed by atoms with van der Waals surface area (Å²) < 4.78 is 5.46. The SMILES string of the molecule is CCCOc1cc(CC(Cl)C2CC2)ncn1. The number of ether oxygens (including phenoxy) is 1.